The summed E-state index contributed by atoms with van der Waals surface area (Å²) in [6.07, 6.45) is 0.960. The summed E-state index contributed by atoms with van der Waals surface area (Å²) in [5.74, 6) is 0.539. The van der Waals surface area contributed by atoms with Gasteiger partial charge in [-0.05, 0) is 43.7 Å². The largest absolute Gasteiger partial charge is 0.494 e. The number of aromatic nitrogens is 2. The third kappa shape index (κ3) is 3.52. The minimum Gasteiger partial charge on any atom is -0.494 e. The Labute approximate surface area is 164 Å². The van der Waals surface area contributed by atoms with Crippen LogP contribution in [0.1, 0.15) is 30.1 Å². The molecule has 2 aromatic heterocycles. The van der Waals surface area contributed by atoms with E-state index < -0.39 is 0 Å². The Morgan fingerprint density at radius 2 is 2.00 bits per heavy atom. The fraction of sp³-hybridized carbons (Fsp3) is 0.250. The summed E-state index contributed by atoms with van der Waals surface area (Å²) in [4.78, 5) is 22.3. The van der Waals surface area contributed by atoms with E-state index in [1.54, 1.807) is 0 Å². The monoisotopic (exact) mass is 397 g/mol. The molecule has 27 heavy (non-hydrogen) atoms. The van der Waals surface area contributed by atoms with Gasteiger partial charge in [0.05, 0.1) is 27.0 Å². The number of rotatable bonds is 5. The van der Waals surface area contributed by atoms with Crippen molar-refractivity contribution in [1.82, 2.24) is 9.55 Å². The molecule has 0 aliphatic rings. The second-order valence-electron chi connectivity index (χ2n) is 6.00. The van der Waals surface area contributed by atoms with E-state index in [4.69, 9.17) is 4.74 Å². The molecule has 0 spiro atoms. The van der Waals surface area contributed by atoms with Gasteiger partial charge in [0.1, 0.15) is 5.75 Å². The highest BCUT2D eigenvalue weighted by Gasteiger charge is 2.13. The maximum atomic E-state index is 12.7. The first kappa shape index (κ1) is 17.9. The summed E-state index contributed by atoms with van der Waals surface area (Å²) in [6, 6.07) is 13.8. The first-order valence-electron chi connectivity index (χ1n) is 8.90. The Morgan fingerprint density at radius 3 is 2.78 bits per heavy atom. The molecule has 4 aromatic rings. The molecule has 1 amide bonds. The fourth-order valence-electron chi connectivity index (χ4n) is 2.93. The molecule has 7 heteroatoms. The van der Waals surface area contributed by atoms with E-state index in [0.717, 1.165) is 39.1 Å². The molecule has 0 saturated heterocycles. The highest BCUT2D eigenvalue weighted by molar-refractivity contribution is 7.20. The number of benzene rings is 2. The lowest BCUT2D eigenvalue weighted by Gasteiger charge is -2.04. The molecule has 2 heterocycles. The van der Waals surface area contributed by atoms with Crippen LogP contribution in [0.4, 0.5) is 0 Å². The van der Waals surface area contributed by atoms with Crippen molar-refractivity contribution < 1.29 is 9.53 Å². The molecule has 2 aromatic carbocycles. The van der Waals surface area contributed by atoms with E-state index in [1.165, 1.54) is 22.7 Å². The number of ether oxygens (including phenoxy) is 1. The van der Waals surface area contributed by atoms with E-state index in [9.17, 15) is 4.79 Å². The molecule has 5 nitrogen and oxygen atoms in total. The van der Waals surface area contributed by atoms with Crippen LogP contribution in [0.25, 0.3) is 20.4 Å². The normalized spacial score (nSPS) is 12.1. The van der Waals surface area contributed by atoms with Crippen LogP contribution in [0, 0.1) is 0 Å². The first-order chi connectivity index (χ1) is 13.2. The van der Waals surface area contributed by atoms with Crippen LogP contribution in [-0.2, 0) is 6.54 Å². The summed E-state index contributed by atoms with van der Waals surface area (Å²) in [5, 5.41) is 0.423. The van der Waals surface area contributed by atoms with Crippen molar-refractivity contribution in [3.63, 3.8) is 0 Å². The summed E-state index contributed by atoms with van der Waals surface area (Å²) in [7, 11) is 0. The number of carbonyl (C=O) groups is 1. The number of nitrogens with zero attached hydrogens (tertiary/aromatic N) is 3. The van der Waals surface area contributed by atoms with Crippen LogP contribution < -0.4 is 9.54 Å². The topological polar surface area (TPSA) is 56.5 Å². The summed E-state index contributed by atoms with van der Waals surface area (Å²) in [5.41, 5.74) is 1.90. The van der Waals surface area contributed by atoms with Crippen molar-refractivity contribution in [1.29, 1.82) is 0 Å². The van der Waals surface area contributed by atoms with Crippen molar-refractivity contribution in [3.05, 3.63) is 52.3 Å². The van der Waals surface area contributed by atoms with Crippen LogP contribution in [0.3, 0.4) is 0 Å². The number of carbonyl (C=O) groups excluding carboxylic acids is 1. The number of thiazole rings is 2. The second-order valence-corrected chi connectivity index (χ2v) is 8.04. The SMILES string of the molecule is CCCn1c(=NC(=O)c2nc3ccccc3s2)sc2cc(OCC)ccc21. The van der Waals surface area contributed by atoms with Gasteiger partial charge < -0.3 is 9.30 Å². The number of para-hydroxylation sites is 1. The van der Waals surface area contributed by atoms with Crippen molar-refractivity contribution in [2.75, 3.05) is 6.61 Å². The molecule has 0 bridgehead atoms. The maximum absolute atomic E-state index is 12.7. The minimum absolute atomic E-state index is 0.294. The van der Waals surface area contributed by atoms with E-state index in [-0.39, 0.29) is 5.91 Å². The summed E-state index contributed by atoms with van der Waals surface area (Å²) in [6.45, 7) is 5.51. The zero-order valence-electron chi connectivity index (χ0n) is 15.1. The molecule has 0 aliphatic heterocycles. The van der Waals surface area contributed by atoms with Crippen molar-refractivity contribution in [2.24, 2.45) is 4.99 Å². The number of hydrogen-bond acceptors (Lipinski definition) is 5. The van der Waals surface area contributed by atoms with Gasteiger partial charge >= 0.3 is 5.91 Å². The van der Waals surface area contributed by atoms with Crippen LogP contribution in [0.2, 0.25) is 0 Å². The number of hydrogen-bond donors (Lipinski definition) is 0. The number of aryl methyl sites for hydroxylation is 1. The van der Waals surface area contributed by atoms with E-state index in [2.05, 4.69) is 21.5 Å². The Balaban J connectivity index is 1.80. The Kier molecular flexibility index (Phi) is 5.05. The predicted molar refractivity (Wildman–Crippen MR) is 111 cm³/mol. The molecule has 0 aliphatic carbocycles. The van der Waals surface area contributed by atoms with Gasteiger partial charge in [0.2, 0.25) is 0 Å². The van der Waals surface area contributed by atoms with Gasteiger partial charge in [-0.25, -0.2) is 4.98 Å². The molecule has 0 radical (unpaired) electrons. The van der Waals surface area contributed by atoms with Crippen LogP contribution in [0.15, 0.2) is 47.5 Å². The van der Waals surface area contributed by atoms with Gasteiger partial charge in [-0.1, -0.05) is 30.4 Å². The number of amides is 1. The molecule has 0 atom stereocenters. The molecule has 0 saturated carbocycles. The highest BCUT2D eigenvalue weighted by atomic mass is 32.1. The average Bonchev–Trinajstić information content (AvgIpc) is 3.24. The van der Waals surface area contributed by atoms with Crippen molar-refractivity contribution >= 4 is 49.0 Å². The quantitative estimate of drug-likeness (QED) is 0.483. The Bertz CT molecular complexity index is 1150. The van der Waals surface area contributed by atoms with Crippen LogP contribution in [0.5, 0.6) is 5.75 Å². The van der Waals surface area contributed by atoms with Gasteiger partial charge in [0.25, 0.3) is 0 Å². The van der Waals surface area contributed by atoms with Crippen LogP contribution in [-0.4, -0.2) is 22.1 Å². The zero-order chi connectivity index (χ0) is 18.8. The van der Waals surface area contributed by atoms with Gasteiger partial charge in [-0.15, -0.1) is 11.3 Å². The van der Waals surface area contributed by atoms with E-state index in [1.807, 2.05) is 49.4 Å². The highest BCUT2D eigenvalue weighted by Crippen LogP contribution is 2.25. The van der Waals surface area contributed by atoms with Gasteiger partial charge in [-0.3, -0.25) is 4.79 Å². The van der Waals surface area contributed by atoms with Crippen molar-refractivity contribution in [3.8, 4) is 5.75 Å². The predicted octanol–water partition coefficient (Wildman–Crippen LogP) is 4.86. The Morgan fingerprint density at radius 1 is 1.15 bits per heavy atom. The molecule has 0 unspecified atom stereocenters. The standard InChI is InChI=1S/C20H19N3O2S2/c1-3-11-23-15-10-9-13(25-4-2)12-17(15)27-20(23)22-18(24)19-21-14-7-5-6-8-16(14)26-19/h5-10,12H,3-4,11H2,1-2H3. The average molecular weight is 398 g/mol. The molecule has 138 valence electrons. The summed E-state index contributed by atoms with van der Waals surface area (Å²) >= 11 is 2.89. The minimum atomic E-state index is -0.294. The lowest BCUT2D eigenvalue weighted by Crippen LogP contribution is -2.16. The lowest BCUT2D eigenvalue weighted by atomic mass is 10.3. The zero-order valence-corrected chi connectivity index (χ0v) is 16.8. The Hall–Kier alpha value is -2.51. The lowest BCUT2D eigenvalue weighted by molar-refractivity contribution is 0.0997. The van der Waals surface area contributed by atoms with Gasteiger partial charge in [0.15, 0.2) is 9.81 Å². The van der Waals surface area contributed by atoms with Crippen molar-refractivity contribution in [2.45, 2.75) is 26.8 Å². The molecular formula is C20H19N3O2S2. The smallest absolute Gasteiger partial charge is 0.308 e. The van der Waals surface area contributed by atoms with E-state index in [0.29, 0.717) is 16.4 Å². The molecular weight excluding hydrogens is 378 g/mol. The second kappa shape index (κ2) is 7.62. The first-order valence-corrected chi connectivity index (χ1v) is 10.5. The summed E-state index contributed by atoms with van der Waals surface area (Å²) < 4.78 is 9.75. The maximum Gasteiger partial charge on any atom is 0.308 e. The van der Waals surface area contributed by atoms with Gasteiger partial charge in [-0.2, -0.15) is 4.99 Å². The number of fused-ring (bicyclic) bond motifs is 2. The third-order valence-corrected chi connectivity index (χ3v) is 6.15. The fourth-order valence-corrected chi connectivity index (χ4v) is 4.87. The molecule has 4 rings (SSSR count). The molecule has 0 fully saturated rings. The van der Waals surface area contributed by atoms with E-state index >= 15 is 0 Å². The molecule has 0 N–H and O–H groups in total. The van der Waals surface area contributed by atoms with Gasteiger partial charge in [0, 0.05) is 6.54 Å². The van der Waals surface area contributed by atoms with Crippen LogP contribution >= 0.6 is 22.7 Å². The third-order valence-electron chi connectivity index (χ3n) is 4.09.